The van der Waals surface area contributed by atoms with Gasteiger partial charge in [0.1, 0.15) is 0 Å². The van der Waals surface area contributed by atoms with Crippen LogP contribution < -0.4 is 4.90 Å². The third-order valence-corrected chi connectivity index (χ3v) is 4.49. The lowest BCUT2D eigenvalue weighted by molar-refractivity contribution is -0.114. The molecule has 0 aliphatic rings. The second kappa shape index (κ2) is 7.72. The van der Waals surface area contributed by atoms with E-state index in [4.69, 9.17) is 0 Å². The summed E-state index contributed by atoms with van der Waals surface area (Å²) in [6.45, 7) is 5.14. The van der Waals surface area contributed by atoms with Gasteiger partial charge in [-0.3, -0.25) is 9.59 Å². The number of para-hydroxylation sites is 1. The molecule has 1 amide bonds. The number of aromatic nitrogens is 2. The molecule has 0 saturated heterocycles. The van der Waals surface area contributed by atoms with Crippen LogP contribution in [0.4, 0.5) is 14.5 Å². The molecule has 5 nitrogen and oxygen atoms in total. The van der Waals surface area contributed by atoms with Gasteiger partial charge >= 0.3 is 0 Å². The van der Waals surface area contributed by atoms with E-state index in [1.807, 2.05) is 30.3 Å². The van der Waals surface area contributed by atoms with Crippen molar-refractivity contribution in [2.45, 2.75) is 20.8 Å². The highest BCUT2D eigenvalue weighted by atomic mass is 19.2. The van der Waals surface area contributed by atoms with Crippen LogP contribution in [0.15, 0.2) is 48.5 Å². The maximum atomic E-state index is 13.6. The van der Waals surface area contributed by atoms with Gasteiger partial charge in [-0.25, -0.2) is 13.5 Å². The minimum Gasteiger partial charge on any atom is -0.306 e. The Balaban J connectivity index is 1.98. The van der Waals surface area contributed by atoms with Crippen molar-refractivity contribution in [2.75, 3.05) is 11.4 Å². The molecule has 0 aliphatic carbocycles. The lowest BCUT2D eigenvalue weighted by Gasteiger charge is -2.20. The molecule has 0 radical (unpaired) electrons. The molecule has 3 rings (SSSR count). The zero-order valence-corrected chi connectivity index (χ0v) is 15.7. The van der Waals surface area contributed by atoms with Crippen molar-refractivity contribution < 1.29 is 18.4 Å². The van der Waals surface area contributed by atoms with Crippen LogP contribution in [-0.4, -0.2) is 28.0 Å². The number of likely N-dealkylation sites (N-methyl/N-ethyl adjacent to an activating group) is 1. The number of rotatable bonds is 5. The van der Waals surface area contributed by atoms with Gasteiger partial charge in [0.15, 0.2) is 11.6 Å². The van der Waals surface area contributed by atoms with E-state index in [1.54, 1.807) is 25.5 Å². The van der Waals surface area contributed by atoms with Crippen molar-refractivity contribution in [1.82, 2.24) is 9.78 Å². The minimum absolute atomic E-state index is 0.116. The summed E-state index contributed by atoms with van der Waals surface area (Å²) >= 11 is 0. The third-order valence-electron chi connectivity index (χ3n) is 4.49. The standard InChI is InChI=1S/C21H19F2N3O2/c1-4-25(16-10-11-17(22)18(23)12-16)21(28)20(27)19-13(2)24-26(14(19)3)15-8-6-5-7-9-15/h5-12H,4H2,1-3H3. The smallest absolute Gasteiger partial charge is 0.299 e. The lowest BCUT2D eigenvalue weighted by atomic mass is 10.1. The summed E-state index contributed by atoms with van der Waals surface area (Å²) in [5.41, 5.74) is 2.03. The van der Waals surface area contributed by atoms with Crippen molar-refractivity contribution in [1.29, 1.82) is 0 Å². The fourth-order valence-corrected chi connectivity index (χ4v) is 3.12. The van der Waals surface area contributed by atoms with Gasteiger partial charge in [-0.15, -0.1) is 0 Å². The van der Waals surface area contributed by atoms with E-state index < -0.39 is 23.3 Å². The van der Waals surface area contributed by atoms with Gasteiger partial charge in [-0.2, -0.15) is 5.10 Å². The molecule has 2 aromatic carbocycles. The van der Waals surface area contributed by atoms with E-state index in [1.165, 1.54) is 6.07 Å². The summed E-state index contributed by atoms with van der Waals surface area (Å²) in [6, 6.07) is 12.3. The van der Waals surface area contributed by atoms with Crippen LogP contribution in [0.3, 0.4) is 0 Å². The van der Waals surface area contributed by atoms with Crippen molar-refractivity contribution in [3.8, 4) is 5.69 Å². The van der Waals surface area contributed by atoms with E-state index in [0.29, 0.717) is 11.4 Å². The van der Waals surface area contributed by atoms with Crippen LogP contribution in [0.1, 0.15) is 28.7 Å². The van der Waals surface area contributed by atoms with Gasteiger partial charge < -0.3 is 4.90 Å². The molecular weight excluding hydrogens is 364 g/mol. The molecule has 0 aliphatic heterocycles. The number of anilines is 1. The Morgan fingerprint density at radius 2 is 1.71 bits per heavy atom. The zero-order valence-electron chi connectivity index (χ0n) is 15.7. The number of carbonyl (C=O) groups is 2. The Morgan fingerprint density at radius 1 is 1.04 bits per heavy atom. The number of benzene rings is 2. The first-order valence-electron chi connectivity index (χ1n) is 8.78. The molecule has 1 aromatic heterocycles. The van der Waals surface area contributed by atoms with Crippen LogP contribution in [0.25, 0.3) is 5.69 Å². The summed E-state index contributed by atoms with van der Waals surface area (Å²) < 4.78 is 28.4. The molecule has 1 heterocycles. The molecule has 0 atom stereocenters. The largest absolute Gasteiger partial charge is 0.306 e. The summed E-state index contributed by atoms with van der Waals surface area (Å²) in [5, 5.41) is 4.38. The first-order valence-corrected chi connectivity index (χ1v) is 8.78. The van der Waals surface area contributed by atoms with E-state index in [9.17, 15) is 18.4 Å². The third kappa shape index (κ3) is 3.43. The average Bonchev–Trinajstić information content (AvgIpc) is 2.99. The highest BCUT2D eigenvalue weighted by molar-refractivity contribution is 6.47. The molecular formula is C21H19F2N3O2. The van der Waals surface area contributed by atoms with Crippen molar-refractivity contribution in [2.24, 2.45) is 0 Å². The fourth-order valence-electron chi connectivity index (χ4n) is 3.12. The van der Waals surface area contributed by atoms with Crippen molar-refractivity contribution in [3.63, 3.8) is 0 Å². The second-order valence-corrected chi connectivity index (χ2v) is 6.27. The van der Waals surface area contributed by atoms with Crippen LogP contribution >= 0.6 is 0 Å². The monoisotopic (exact) mass is 383 g/mol. The molecule has 0 saturated carbocycles. The molecule has 3 aromatic rings. The number of hydrogen-bond acceptors (Lipinski definition) is 3. The van der Waals surface area contributed by atoms with Gasteiger partial charge in [0, 0.05) is 18.3 Å². The SMILES string of the molecule is CCN(C(=O)C(=O)c1c(C)nn(-c2ccccc2)c1C)c1ccc(F)c(F)c1. The fraction of sp³-hybridized carbons (Fsp3) is 0.190. The Kier molecular flexibility index (Phi) is 5.35. The van der Waals surface area contributed by atoms with Gasteiger partial charge in [0.05, 0.1) is 22.6 Å². The number of amides is 1. The summed E-state index contributed by atoms with van der Waals surface area (Å²) in [4.78, 5) is 26.9. The Morgan fingerprint density at radius 3 is 2.32 bits per heavy atom. The Labute approximate surface area is 161 Å². The molecule has 28 heavy (non-hydrogen) atoms. The number of aryl methyl sites for hydroxylation is 1. The molecule has 7 heteroatoms. The van der Waals surface area contributed by atoms with Gasteiger partial charge in [0.25, 0.3) is 11.7 Å². The quantitative estimate of drug-likeness (QED) is 0.494. The number of ketones is 1. The first-order chi connectivity index (χ1) is 13.3. The van der Waals surface area contributed by atoms with Crippen LogP contribution in [0, 0.1) is 25.5 Å². The first kappa shape index (κ1) is 19.4. The number of nitrogens with zero attached hydrogens (tertiary/aromatic N) is 3. The summed E-state index contributed by atoms with van der Waals surface area (Å²) in [6.07, 6.45) is 0. The Hall–Kier alpha value is -3.35. The van der Waals surface area contributed by atoms with E-state index in [0.717, 1.165) is 22.7 Å². The summed E-state index contributed by atoms with van der Waals surface area (Å²) in [7, 11) is 0. The van der Waals surface area contributed by atoms with E-state index in [2.05, 4.69) is 5.10 Å². The number of halogens is 2. The molecule has 0 fully saturated rings. The molecule has 0 N–H and O–H groups in total. The topological polar surface area (TPSA) is 55.2 Å². The predicted octanol–water partition coefficient (Wildman–Crippen LogP) is 4.00. The normalized spacial score (nSPS) is 10.8. The highest BCUT2D eigenvalue weighted by Crippen LogP contribution is 2.22. The average molecular weight is 383 g/mol. The Bertz CT molecular complexity index is 1050. The lowest BCUT2D eigenvalue weighted by Crippen LogP contribution is -2.37. The molecule has 0 spiro atoms. The second-order valence-electron chi connectivity index (χ2n) is 6.27. The van der Waals surface area contributed by atoms with Crippen LogP contribution in [-0.2, 0) is 4.79 Å². The number of carbonyl (C=O) groups excluding carboxylic acids is 2. The maximum Gasteiger partial charge on any atom is 0.299 e. The van der Waals surface area contributed by atoms with Gasteiger partial charge in [-0.1, -0.05) is 18.2 Å². The summed E-state index contributed by atoms with van der Waals surface area (Å²) in [5.74, 6) is -3.68. The van der Waals surface area contributed by atoms with Crippen molar-refractivity contribution in [3.05, 3.63) is 77.1 Å². The predicted molar refractivity (Wildman–Crippen MR) is 102 cm³/mol. The number of hydrogen-bond donors (Lipinski definition) is 0. The number of Topliss-reactive ketones (excluding diaryl/α,β-unsaturated/α-hetero) is 1. The van der Waals surface area contributed by atoms with E-state index >= 15 is 0 Å². The molecule has 0 unspecified atom stereocenters. The van der Waals surface area contributed by atoms with Crippen LogP contribution in [0.2, 0.25) is 0 Å². The van der Waals surface area contributed by atoms with E-state index in [-0.39, 0.29) is 17.8 Å². The maximum absolute atomic E-state index is 13.6. The molecule has 0 bridgehead atoms. The molecule has 144 valence electrons. The highest BCUT2D eigenvalue weighted by Gasteiger charge is 2.29. The van der Waals surface area contributed by atoms with Crippen molar-refractivity contribution >= 4 is 17.4 Å². The van der Waals surface area contributed by atoms with Crippen LogP contribution in [0.5, 0.6) is 0 Å². The van der Waals surface area contributed by atoms with Gasteiger partial charge in [-0.05, 0) is 45.0 Å². The minimum atomic E-state index is -1.08. The van der Waals surface area contributed by atoms with Gasteiger partial charge in [0.2, 0.25) is 0 Å². The zero-order chi connectivity index (χ0) is 20.4.